The number of aliphatic hydroxyl groups is 1. The molecule has 3 aromatic carbocycles. The zero-order valence-electron chi connectivity index (χ0n) is 24.2. The molecule has 2 aliphatic heterocycles. The molecule has 0 bridgehead atoms. The molecule has 2 aliphatic rings. The molecule has 4 aromatic rings. The van der Waals surface area contributed by atoms with Crippen molar-refractivity contribution in [1.82, 2.24) is 4.98 Å². The molecule has 0 aliphatic carbocycles. The van der Waals surface area contributed by atoms with Gasteiger partial charge < -0.3 is 19.3 Å². The van der Waals surface area contributed by atoms with Crippen LogP contribution in [0.5, 0.6) is 17.2 Å². The summed E-state index contributed by atoms with van der Waals surface area (Å²) in [6, 6.07) is 14.9. The maximum absolute atomic E-state index is 13.7. The lowest BCUT2D eigenvalue weighted by Gasteiger charge is -2.24. The number of benzene rings is 3. The largest absolute Gasteiger partial charge is 0.507 e. The van der Waals surface area contributed by atoms with Gasteiger partial charge in [0.1, 0.15) is 17.6 Å². The summed E-state index contributed by atoms with van der Waals surface area (Å²) in [7, 11) is 1.54. The van der Waals surface area contributed by atoms with Crippen molar-refractivity contribution < 1.29 is 28.9 Å². The number of thiazole rings is 1. The minimum absolute atomic E-state index is 0.0132. The van der Waals surface area contributed by atoms with Gasteiger partial charge in [-0.25, -0.2) is 4.98 Å². The van der Waals surface area contributed by atoms with Gasteiger partial charge in [-0.05, 0) is 78.9 Å². The summed E-state index contributed by atoms with van der Waals surface area (Å²) in [5.74, 6) is 0.355. The number of nitrogens with zero attached hydrogens (tertiary/aromatic N) is 2. The van der Waals surface area contributed by atoms with Gasteiger partial charge >= 0.3 is 5.91 Å². The van der Waals surface area contributed by atoms with Gasteiger partial charge in [0.25, 0.3) is 5.78 Å². The molecule has 0 unspecified atom stereocenters. The van der Waals surface area contributed by atoms with E-state index in [1.54, 1.807) is 48.5 Å². The number of ketones is 1. The fraction of sp³-hybridized carbons (Fsp3) is 0.303. The number of hydrogen-bond donors (Lipinski definition) is 1. The molecule has 0 spiro atoms. The molecule has 1 saturated heterocycles. The monoisotopic (exact) mass is 618 g/mol. The number of hydrogen-bond acceptors (Lipinski definition) is 8. The number of aliphatic hydroxyl groups excluding tert-OH is 1. The first-order chi connectivity index (χ1) is 20.6. The summed E-state index contributed by atoms with van der Waals surface area (Å²) < 4.78 is 18.2. The molecule has 222 valence electrons. The van der Waals surface area contributed by atoms with Crippen LogP contribution in [0.2, 0.25) is 5.02 Å². The van der Waals surface area contributed by atoms with Crippen LogP contribution in [-0.2, 0) is 16.0 Å². The molecule has 8 nitrogen and oxygen atoms in total. The Kier molecular flexibility index (Phi) is 7.79. The predicted molar refractivity (Wildman–Crippen MR) is 168 cm³/mol. The number of halogens is 1. The Morgan fingerprint density at radius 2 is 1.95 bits per heavy atom. The summed E-state index contributed by atoms with van der Waals surface area (Å²) in [4.78, 5) is 33.5. The Bertz CT molecular complexity index is 1780. The highest BCUT2D eigenvalue weighted by molar-refractivity contribution is 7.22. The first-order valence-electron chi connectivity index (χ1n) is 14.1. The average Bonchev–Trinajstić information content (AvgIpc) is 3.64. The Morgan fingerprint density at radius 1 is 1.14 bits per heavy atom. The number of carbonyl (C=O) groups excluding carboxylic acids is 2. The topological polar surface area (TPSA) is 98.2 Å². The van der Waals surface area contributed by atoms with Crippen molar-refractivity contribution in [1.29, 1.82) is 0 Å². The van der Waals surface area contributed by atoms with Crippen LogP contribution < -0.4 is 19.1 Å². The number of rotatable bonds is 8. The highest BCUT2D eigenvalue weighted by Crippen LogP contribution is 2.46. The van der Waals surface area contributed by atoms with Crippen molar-refractivity contribution >= 4 is 55.7 Å². The molecule has 1 aromatic heterocycles. The van der Waals surface area contributed by atoms with Gasteiger partial charge in [0, 0.05) is 17.0 Å². The van der Waals surface area contributed by atoms with Crippen LogP contribution in [0.3, 0.4) is 0 Å². The Balaban J connectivity index is 1.49. The standard InChI is InChI=1S/C33H31ClN2O6S/c1-17(2)11-12-41-25-10-5-19(15-26(25)40-4)29-28(30(37)20-6-9-24-21(14-20)13-18(3)42-24)31(38)32(39)36(29)33-35-23-8-7-22(34)16-27(23)43-33/h5-10,14-18,29,37H,11-13H2,1-4H3/b30-28+/t18-,29-/m1/s1. The SMILES string of the molecule is COc1cc([C@@H]2/C(=C(\O)c3ccc4c(c3)C[C@@H](C)O4)C(=O)C(=O)N2c2nc3ccc(Cl)cc3s2)ccc1OCCC(C)C. The fourth-order valence-electron chi connectivity index (χ4n) is 5.44. The highest BCUT2D eigenvalue weighted by Gasteiger charge is 2.48. The number of anilines is 1. The molecular formula is C33H31ClN2O6S. The first-order valence-corrected chi connectivity index (χ1v) is 15.3. The van der Waals surface area contributed by atoms with Gasteiger partial charge in [0.15, 0.2) is 16.6 Å². The number of amides is 1. The van der Waals surface area contributed by atoms with Crippen LogP contribution in [0.15, 0.2) is 60.2 Å². The van der Waals surface area contributed by atoms with E-state index in [0.717, 1.165) is 22.4 Å². The van der Waals surface area contributed by atoms with Gasteiger partial charge in [-0.15, -0.1) is 0 Å². The molecule has 1 N–H and O–H groups in total. The maximum atomic E-state index is 13.7. The summed E-state index contributed by atoms with van der Waals surface area (Å²) in [5, 5.41) is 12.5. The van der Waals surface area contributed by atoms with E-state index in [2.05, 4.69) is 18.8 Å². The van der Waals surface area contributed by atoms with Crippen LogP contribution in [-0.4, -0.2) is 41.6 Å². The van der Waals surface area contributed by atoms with E-state index < -0.39 is 17.7 Å². The summed E-state index contributed by atoms with van der Waals surface area (Å²) >= 11 is 7.46. The van der Waals surface area contributed by atoms with Gasteiger partial charge in [-0.2, -0.15) is 0 Å². The summed E-state index contributed by atoms with van der Waals surface area (Å²) in [6.45, 7) is 6.73. The van der Waals surface area contributed by atoms with Gasteiger partial charge in [-0.1, -0.05) is 42.9 Å². The summed E-state index contributed by atoms with van der Waals surface area (Å²) in [5.41, 5.74) is 2.52. The molecule has 3 heterocycles. The Morgan fingerprint density at radius 3 is 2.72 bits per heavy atom. The number of methoxy groups -OCH3 is 1. The molecule has 0 saturated carbocycles. The zero-order valence-corrected chi connectivity index (χ0v) is 25.8. The number of carbonyl (C=O) groups is 2. The quantitative estimate of drug-likeness (QED) is 0.125. The second kappa shape index (κ2) is 11.5. The van der Waals surface area contributed by atoms with E-state index in [9.17, 15) is 14.7 Å². The van der Waals surface area contributed by atoms with Crippen molar-refractivity contribution in [2.24, 2.45) is 5.92 Å². The second-order valence-corrected chi connectivity index (χ2v) is 12.6. The molecule has 1 amide bonds. The molecule has 0 radical (unpaired) electrons. The maximum Gasteiger partial charge on any atom is 0.301 e. The lowest BCUT2D eigenvalue weighted by molar-refractivity contribution is -0.132. The zero-order chi connectivity index (χ0) is 30.4. The van der Waals surface area contributed by atoms with Crippen molar-refractivity contribution in [3.8, 4) is 17.2 Å². The van der Waals surface area contributed by atoms with Crippen molar-refractivity contribution in [2.75, 3.05) is 18.6 Å². The molecule has 1 fully saturated rings. The molecule has 6 rings (SSSR count). The van der Waals surface area contributed by atoms with Crippen LogP contribution >= 0.6 is 22.9 Å². The number of Topliss-reactive ketones (excluding diaryl/α,β-unsaturated/α-hetero) is 1. The Hall–Kier alpha value is -4.08. The molecule has 43 heavy (non-hydrogen) atoms. The fourth-order valence-corrected chi connectivity index (χ4v) is 6.71. The predicted octanol–water partition coefficient (Wildman–Crippen LogP) is 7.33. The average molecular weight is 619 g/mol. The second-order valence-electron chi connectivity index (χ2n) is 11.2. The van der Waals surface area contributed by atoms with E-state index in [4.69, 9.17) is 25.8 Å². The normalized spacial score (nSPS) is 19.3. The van der Waals surface area contributed by atoms with Gasteiger partial charge in [0.2, 0.25) is 0 Å². The smallest absolute Gasteiger partial charge is 0.301 e. The summed E-state index contributed by atoms with van der Waals surface area (Å²) in [6.07, 6.45) is 1.56. The molecule has 2 atom stereocenters. The van der Waals surface area contributed by atoms with Crippen molar-refractivity contribution in [2.45, 2.75) is 45.8 Å². The van der Waals surface area contributed by atoms with Crippen LogP contribution in [0, 0.1) is 5.92 Å². The third-order valence-electron chi connectivity index (χ3n) is 7.62. The van der Waals surface area contributed by atoms with Gasteiger partial charge in [-0.3, -0.25) is 14.5 Å². The van der Waals surface area contributed by atoms with Gasteiger partial charge in [0.05, 0.1) is 35.5 Å². The Labute approximate surface area is 258 Å². The number of fused-ring (bicyclic) bond motifs is 2. The molecule has 10 heteroatoms. The number of ether oxygens (including phenoxy) is 3. The van der Waals surface area contributed by atoms with E-state index in [-0.39, 0.29) is 17.4 Å². The van der Waals surface area contributed by atoms with Crippen LogP contribution in [0.4, 0.5) is 5.13 Å². The first kappa shape index (κ1) is 29.0. The van der Waals surface area contributed by atoms with Crippen molar-refractivity contribution in [3.05, 3.63) is 81.9 Å². The van der Waals surface area contributed by atoms with Crippen molar-refractivity contribution in [3.63, 3.8) is 0 Å². The minimum Gasteiger partial charge on any atom is -0.507 e. The third kappa shape index (κ3) is 5.43. The van der Waals surface area contributed by atoms with E-state index in [1.165, 1.54) is 23.3 Å². The number of aromatic nitrogens is 1. The third-order valence-corrected chi connectivity index (χ3v) is 8.87. The minimum atomic E-state index is -0.974. The highest BCUT2D eigenvalue weighted by atomic mass is 35.5. The lowest BCUT2D eigenvalue weighted by atomic mass is 9.94. The van der Waals surface area contributed by atoms with E-state index >= 15 is 0 Å². The molecular weight excluding hydrogens is 588 g/mol. The van der Waals surface area contributed by atoms with E-state index in [1.807, 2.05) is 13.0 Å². The van der Waals surface area contributed by atoms with Crippen LogP contribution in [0.25, 0.3) is 16.0 Å². The van der Waals surface area contributed by atoms with E-state index in [0.29, 0.717) is 57.2 Å². The lowest BCUT2D eigenvalue weighted by Crippen LogP contribution is -2.29. The van der Waals surface area contributed by atoms with Crippen LogP contribution in [0.1, 0.15) is 49.9 Å².